The fraction of sp³-hybridized carbons (Fsp3) is 0.694. The van der Waals surface area contributed by atoms with Crippen LogP contribution < -0.4 is 26.8 Å². The number of carbonyl (C=O) groups is 10. The molecule has 1 saturated heterocycles. The number of hydrazine groups is 1. The first-order valence-corrected chi connectivity index (χ1v) is 34.6. The molecule has 0 aliphatic carbocycles. The number of piperidine rings is 1. The number of aliphatic hydroxyl groups excluding tert-OH is 5. The molecule has 11 N–H and O–H groups in total. The van der Waals surface area contributed by atoms with Gasteiger partial charge in [-0.25, -0.2) is 20.0 Å². The van der Waals surface area contributed by atoms with E-state index in [0.717, 1.165) is 57.9 Å². The summed E-state index contributed by atoms with van der Waals surface area (Å²) in [4.78, 5) is 140. The number of hydrogen-bond donors (Lipinski definition) is 11. The summed E-state index contributed by atoms with van der Waals surface area (Å²) in [5.74, 6) is -8.09. The van der Waals surface area contributed by atoms with Crippen LogP contribution in [0.1, 0.15) is 154 Å². The Labute approximate surface area is 550 Å². The largest absolute Gasteiger partial charge is 0.480 e. The van der Waals surface area contributed by atoms with Crippen molar-refractivity contribution >= 4 is 92.2 Å². The van der Waals surface area contributed by atoms with E-state index in [0.29, 0.717) is 19.3 Å². The van der Waals surface area contributed by atoms with Gasteiger partial charge in [-0.3, -0.25) is 48.7 Å². The van der Waals surface area contributed by atoms with E-state index in [1.807, 2.05) is 83.8 Å². The number of aliphatic carboxylic acids is 1. The Morgan fingerprint density at radius 1 is 0.837 bits per heavy atom. The molecular formula is C62H98N8O19S3. The minimum absolute atomic E-state index is 0.000611. The Hall–Kier alpha value is -5.99. The number of carbonyl (C=O) groups excluding carboxylic acids is 9. The van der Waals surface area contributed by atoms with E-state index in [1.54, 1.807) is 6.92 Å². The van der Waals surface area contributed by atoms with Gasteiger partial charge in [-0.1, -0.05) is 120 Å². The molecule has 92 heavy (non-hydrogen) atoms. The lowest BCUT2D eigenvalue weighted by Crippen LogP contribution is -2.50. The van der Waals surface area contributed by atoms with Gasteiger partial charge in [-0.15, -0.1) is 11.3 Å². The van der Waals surface area contributed by atoms with Crippen molar-refractivity contribution in [1.29, 1.82) is 0 Å². The van der Waals surface area contributed by atoms with Gasteiger partial charge in [-0.2, -0.15) is 0 Å². The fourth-order valence-electron chi connectivity index (χ4n) is 10.1. The number of likely N-dealkylation sites (N-methyl/N-ethyl adjacent to an activating group) is 1. The Balaban J connectivity index is 1.63. The summed E-state index contributed by atoms with van der Waals surface area (Å²) >= 11 is 1.07. The van der Waals surface area contributed by atoms with Crippen molar-refractivity contribution < 1.29 is 92.8 Å². The molecule has 1 aromatic heterocycles. The smallest absolute Gasteiger partial charge is 0.426 e. The first-order valence-electron chi connectivity index (χ1n) is 31.2. The molecule has 3 rings (SSSR count). The number of carboxylic acids is 1. The molecule has 518 valence electrons. The van der Waals surface area contributed by atoms with Gasteiger partial charge >= 0.3 is 24.0 Å². The second-order valence-electron chi connectivity index (χ2n) is 24.2. The average Bonchev–Trinajstić information content (AvgIpc) is 1.24. The van der Waals surface area contributed by atoms with E-state index in [1.165, 1.54) is 24.1 Å². The number of rotatable bonds is 41. The molecule has 0 spiro atoms. The van der Waals surface area contributed by atoms with Crippen molar-refractivity contribution in [3.05, 3.63) is 52.0 Å². The van der Waals surface area contributed by atoms with Crippen LogP contribution in [0.15, 0.2) is 35.7 Å². The predicted octanol–water partition coefficient (Wildman–Crippen LogP) is 3.69. The maximum absolute atomic E-state index is 15.1. The number of thiazole rings is 1. The summed E-state index contributed by atoms with van der Waals surface area (Å²) in [6.07, 6.45) is -5.73. The van der Waals surface area contributed by atoms with Crippen molar-refractivity contribution in [2.24, 2.45) is 35.5 Å². The summed E-state index contributed by atoms with van der Waals surface area (Å²) in [5.41, 5.74) is 5.37. The third-order valence-corrected chi connectivity index (χ3v) is 19.2. The molecule has 1 aliphatic rings. The quantitative estimate of drug-likeness (QED) is 0.0113. The monoisotopic (exact) mass is 1350 g/mol. The lowest BCUT2D eigenvalue weighted by atomic mass is 9.82. The Morgan fingerprint density at radius 3 is 2.14 bits per heavy atom. The molecule has 1 aromatic carbocycles. The minimum atomic E-state index is -1.87. The zero-order valence-corrected chi connectivity index (χ0v) is 56.9. The molecule has 13 atom stereocenters. The highest BCUT2D eigenvalue weighted by Crippen LogP contribution is 2.34. The standard InChI is InChI=1S/C62H98N8O19S3/c1-11-37(6)43(28-48(73)46-19-15-16-22-69(46)10)60(83)70(34-88-53(77)25-35(2)3)47(36(4)5)29-51(89-40(9)72)59-66-44(32-90-59)58(82)64-42(27-41-17-13-12-14-18-41)26-39(8)57(81)67-68-62(86)87-23-24-91-92-33-45(61(84)85)65-56(80)38(7)20-21-52(76)63-30-49(74)54(78)55(79)50(75)31-71/h12-14,17-18,32,35-39,42-43,45-47,49-51,54-55,71,74-75,78-79H,11,15-16,19-31,33-34H2,1-10H3,(H,63,76)(H,64,82)(H,65,80)(H,67,81)(H,68,86)(H,84,85)/t37?,38-,39-,42+,43-,45-,46+,47+,49-,50+,51+,54+,55+/m0/s1. The Kier molecular flexibility index (Phi) is 36.3. The Bertz CT molecular complexity index is 2680. The number of nitrogens with one attached hydrogen (secondary N) is 5. The van der Waals surface area contributed by atoms with E-state index in [4.69, 9.17) is 19.3 Å². The average molecular weight is 1360 g/mol. The lowest BCUT2D eigenvalue weighted by molar-refractivity contribution is -0.162. The second kappa shape index (κ2) is 41.7. The maximum Gasteiger partial charge on any atom is 0.426 e. The van der Waals surface area contributed by atoms with Gasteiger partial charge in [0.1, 0.15) is 41.7 Å². The maximum atomic E-state index is 15.1. The fourth-order valence-corrected chi connectivity index (χ4v) is 12.9. The summed E-state index contributed by atoms with van der Waals surface area (Å²) in [6.45, 7) is 14.6. The first kappa shape index (κ1) is 80.2. The number of ketones is 1. The molecule has 0 saturated carbocycles. The Morgan fingerprint density at radius 2 is 1.52 bits per heavy atom. The summed E-state index contributed by atoms with van der Waals surface area (Å²) < 4.78 is 16.9. The van der Waals surface area contributed by atoms with Gasteiger partial charge in [0.05, 0.1) is 18.8 Å². The van der Waals surface area contributed by atoms with E-state index < -0.39 is 134 Å². The van der Waals surface area contributed by atoms with Gasteiger partial charge < -0.3 is 65.7 Å². The highest BCUT2D eigenvalue weighted by molar-refractivity contribution is 8.76. The summed E-state index contributed by atoms with van der Waals surface area (Å²) in [7, 11) is 4.15. The van der Waals surface area contributed by atoms with Gasteiger partial charge in [0.15, 0.2) is 18.6 Å². The molecule has 0 bridgehead atoms. The summed E-state index contributed by atoms with van der Waals surface area (Å²) in [5, 5.41) is 67.3. The number of aliphatic hydroxyl groups is 5. The van der Waals surface area contributed by atoms with Crippen molar-refractivity contribution in [2.75, 3.05) is 51.6 Å². The van der Waals surface area contributed by atoms with Crippen molar-refractivity contribution in [1.82, 2.24) is 41.6 Å². The van der Waals surface area contributed by atoms with Gasteiger partial charge in [0, 0.05) is 85.9 Å². The number of nitrogens with zero attached hydrogens (tertiary/aromatic N) is 3. The molecule has 27 nitrogen and oxygen atoms in total. The predicted molar refractivity (Wildman–Crippen MR) is 345 cm³/mol. The van der Waals surface area contributed by atoms with Gasteiger partial charge in [-0.05, 0) is 69.0 Å². The third-order valence-electron chi connectivity index (χ3n) is 15.8. The van der Waals surface area contributed by atoms with Gasteiger partial charge in [0.2, 0.25) is 23.6 Å². The van der Waals surface area contributed by atoms with Crippen LogP contribution in [0.25, 0.3) is 0 Å². The van der Waals surface area contributed by atoms with Crippen LogP contribution in [0.3, 0.4) is 0 Å². The molecule has 6 amide bonds. The number of hydrogen-bond acceptors (Lipinski definition) is 23. The first-order chi connectivity index (χ1) is 43.5. The molecule has 1 fully saturated rings. The van der Waals surface area contributed by atoms with Crippen LogP contribution >= 0.6 is 32.9 Å². The number of carboxylic acid groups (broad SMARTS) is 1. The van der Waals surface area contributed by atoms with Crippen LogP contribution in [0.5, 0.6) is 0 Å². The van der Waals surface area contributed by atoms with Crippen LogP contribution in [-0.2, 0) is 59.0 Å². The zero-order chi connectivity index (χ0) is 68.8. The van der Waals surface area contributed by atoms with E-state index in [9.17, 15) is 68.7 Å². The highest BCUT2D eigenvalue weighted by Gasteiger charge is 2.40. The highest BCUT2D eigenvalue weighted by atomic mass is 33.1. The number of amides is 6. The van der Waals surface area contributed by atoms with E-state index in [-0.39, 0.29) is 103 Å². The minimum Gasteiger partial charge on any atom is -0.480 e. The number of aromatic nitrogens is 1. The van der Waals surface area contributed by atoms with E-state index >= 15 is 4.79 Å². The lowest BCUT2D eigenvalue weighted by Gasteiger charge is -2.39. The second-order valence-corrected chi connectivity index (χ2v) is 27.7. The molecule has 0 radical (unpaired) electrons. The van der Waals surface area contributed by atoms with Crippen LogP contribution in [-0.4, -0.2) is 205 Å². The molecular weight excluding hydrogens is 1260 g/mol. The van der Waals surface area contributed by atoms with Crippen molar-refractivity contribution in [3.8, 4) is 0 Å². The number of Topliss-reactive ketones (excluding diaryl/α,β-unsaturated/α-hetero) is 1. The number of esters is 2. The normalized spacial score (nSPS) is 17.4. The molecule has 2 heterocycles. The molecule has 30 heteroatoms. The topological polar surface area (TPSA) is 399 Å². The zero-order valence-electron chi connectivity index (χ0n) is 54.4. The van der Waals surface area contributed by atoms with E-state index in [2.05, 4.69) is 31.8 Å². The molecule has 1 unspecified atom stereocenters. The number of benzene rings is 1. The van der Waals surface area contributed by atoms with Crippen LogP contribution in [0.4, 0.5) is 4.79 Å². The van der Waals surface area contributed by atoms with Crippen molar-refractivity contribution in [3.63, 3.8) is 0 Å². The van der Waals surface area contributed by atoms with Crippen LogP contribution in [0.2, 0.25) is 0 Å². The third kappa shape index (κ3) is 28.3. The van der Waals surface area contributed by atoms with Crippen molar-refractivity contribution in [2.45, 2.75) is 188 Å². The van der Waals surface area contributed by atoms with Gasteiger partial charge in [0.25, 0.3) is 5.91 Å². The molecule has 2 aromatic rings. The SMILES string of the molecule is CCC(C)[C@H](CC(=O)[C@H]1CCCCN1C)C(=O)N(COC(=O)CC(C)C)[C@H](C[C@@H](OC(C)=O)c1nc(C(=O)N[C@@H](Cc2ccccc2)C[C@H](C)C(=O)NNC(=O)OCCSSC[C@H](NC(=O)[C@@H](C)CCC(=O)NC[C@H](O)[C@@H](O)[C@H](O)[C@H](O)CO)C(=O)O)cs1)C(C)C. The number of ether oxygens (including phenoxy) is 3. The molecule has 1 aliphatic heterocycles. The summed E-state index contributed by atoms with van der Waals surface area (Å²) in [6, 6.07) is 6.23. The number of likely N-dealkylation sites (tertiary alicyclic amines) is 1. The van der Waals surface area contributed by atoms with Crippen LogP contribution in [0, 0.1) is 35.5 Å².